The molecule has 3 nitrogen and oxygen atoms in total. The van der Waals surface area contributed by atoms with Crippen LogP contribution in [0.1, 0.15) is 38.5 Å². The lowest BCUT2D eigenvalue weighted by molar-refractivity contribution is -0.360. The van der Waals surface area contributed by atoms with Gasteiger partial charge in [0.05, 0.1) is 0 Å². The number of hydrogen-bond acceptors (Lipinski definition) is 3. The first-order chi connectivity index (χ1) is 6.76. The molecule has 1 aliphatic rings. The van der Waals surface area contributed by atoms with Crippen molar-refractivity contribution in [2.24, 2.45) is 5.92 Å². The lowest BCUT2D eigenvalue weighted by Crippen LogP contribution is -2.38. The van der Waals surface area contributed by atoms with E-state index in [-0.39, 0.29) is 0 Å². The van der Waals surface area contributed by atoms with Gasteiger partial charge in [0.2, 0.25) is 0 Å². The molecule has 0 heterocycles. The second kappa shape index (κ2) is 5.69. The molecule has 0 aromatic carbocycles. The molecular weight excluding hydrogens is 180 g/mol. The minimum Gasteiger partial charge on any atom is -0.331 e. The Morgan fingerprint density at radius 3 is 1.86 bits per heavy atom. The molecule has 0 saturated heterocycles. The first kappa shape index (κ1) is 12.0. The molecule has 0 spiro atoms. The van der Waals surface area contributed by atoms with E-state index in [9.17, 15) is 0 Å². The average Bonchev–Trinajstić information content (AvgIpc) is 2.28. The number of hydrogen-bond donors (Lipinski definition) is 0. The summed E-state index contributed by atoms with van der Waals surface area (Å²) in [4.78, 5) is 0. The summed E-state index contributed by atoms with van der Waals surface area (Å²) in [6.07, 6.45) is 7.43. The highest BCUT2D eigenvalue weighted by molar-refractivity contribution is 4.70. The van der Waals surface area contributed by atoms with Crippen LogP contribution in [0.15, 0.2) is 0 Å². The zero-order valence-corrected chi connectivity index (χ0v) is 9.54. The summed E-state index contributed by atoms with van der Waals surface area (Å²) in [5.41, 5.74) is 0. The van der Waals surface area contributed by atoms with Crippen molar-refractivity contribution in [3.05, 3.63) is 0 Å². The van der Waals surface area contributed by atoms with Gasteiger partial charge in [-0.15, -0.1) is 0 Å². The smallest absolute Gasteiger partial charge is 0.282 e. The van der Waals surface area contributed by atoms with Crippen molar-refractivity contribution in [2.45, 2.75) is 44.5 Å². The average molecular weight is 202 g/mol. The Kier molecular flexibility index (Phi) is 4.85. The summed E-state index contributed by atoms with van der Waals surface area (Å²) in [6, 6.07) is 0. The molecule has 0 N–H and O–H groups in total. The summed E-state index contributed by atoms with van der Waals surface area (Å²) >= 11 is 0. The Morgan fingerprint density at radius 2 is 1.43 bits per heavy atom. The van der Waals surface area contributed by atoms with Gasteiger partial charge in [-0.05, 0) is 5.92 Å². The van der Waals surface area contributed by atoms with Crippen molar-refractivity contribution in [1.82, 2.24) is 0 Å². The molecule has 1 rings (SSSR count). The van der Waals surface area contributed by atoms with Crippen molar-refractivity contribution < 1.29 is 14.2 Å². The van der Waals surface area contributed by atoms with Crippen molar-refractivity contribution in [3.63, 3.8) is 0 Å². The van der Waals surface area contributed by atoms with E-state index in [1.54, 1.807) is 21.3 Å². The van der Waals surface area contributed by atoms with Crippen molar-refractivity contribution in [1.29, 1.82) is 0 Å². The van der Waals surface area contributed by atoms with Gasteiger partial charge in [0.25, 0.3) is 5.97 Å². The molecule has 0 amide bonds. The Hall–Kier alpha value is -0.120. The third-order valence-corrected chi connectivity index (χ3v) is 3.20. The van der Waals surface area contributed by atoms with Crippen molar-refractivity contribution in [3.8, 4) is 0 Å². The maximum Gasteiger partial charge on any atom is 0.282 e. The van der Waals surface area contributed by atoms with E-state index >= 15 is 0 Å². The highest BCUT2D eigenvalue weighted by Crippen LogP contribution is 2.32. The third-order valence-electron chi connectivity index (χ3n) is 3.20. The van der Waals surface area contributed by atoms with Crippen LogP contribution in [-0.2, 0) is 14.2 Å². The van der Waals surface area contributed by atoms with Crippen molar-refractivity contribution in [2.75, 3.05) is 21.3 Å². The molecule has 0 atom stereocenters. The van der Waals surface area contributed by atoms with Gasteiger partial charge in [-0.25, -0.2) is 0 Å². The summed E-state index contributed by atoms with van der Waals surface area (Å²) in [7, 11) is 4.90. The van der Waals surface area contributed by atoms with E-state index in [1.807, 2.05) is 0 Å². The first-order valence-electron chi connectivity index (χ1n) is 5.42. The van der Waals surface area contributed by atoms with Crippen LogP contribution in [0.3, 0.4) is 0 Å². The minimum atomic E-state index is -0.817. The number of ether oxygens (including phenoxy) is 3. The first-order valence-corrected chi connectivity index (χ1v) is 5.42. The topological polar surface area (TPSA) is 27.7 Å². The monoisotopic (exact) mass is 202 g/mol. The summed E-state index contributed by atoms with van der Waals surface area (Å²) in [6.45, 7) is 0. The summed E-state index contributed by atoms with van der Waals surface area (Å²) in [5, 5.41) is 0. The van der Waals surface area contributed by atoms with E-state index < -0.39 is 5.97 Å². The molecule has 1 saturated carbocycles. The Labute approximate surface area is 86.7 Å². The zero-order valence-electron chi connectivity index (χ0n) is 9.54. The molecule has 0 aromatic heterocycles. The summed E-state index contributed by atoms with van der Waals surface area (Å²) in [5.74, 6) is -0.134. The van der Waals surface area contributed by atoms with Gasteiger partial charge in [-0.3, -0.25) is 0 Å². The standard InChI is InChI=1S/C11H22O3/c1-12-11(13-2,14-3)9-10-7-5-4-6-8-10/h10H,4-9H2,1-3H3. The van der Waals surface area contributed by atoms with Gasteiger partial charge in [0.15, 0.2) is 0 Å². The van der Waals surface area contributed by atoms with E-state index in [4.69, 9.17) is 14.2 Å². The van der Waals surface area contributed by atoms with Gasteiger partial charge < -0.3 is 14.2 Å². The molecule has 1 fully saturated rings. The fraction of sp³-hybridized carbons (Fsp3) is 1.00. The lowest BCUT2D eigenvalue weighted by atomic mass is 9.86. The molecule has 14 heavy (non-hydrogen) atoms. The van der Waals surface area contributed by atoms with E-state index in [0.29, 0.717) is 5.92 Å². The molecule has 0 aromatic rings. The SMILES string of the molecule is COC(CC1CCCCC1)(OC)OC. The van der Waals surface area contributed by atoms with Crippen LogP contribution < -0.4 is 0 Å². The van der Waals surface area contributed by atoms with Gasteiger partial charge in [0, 0.05) is 27.8 Å². The Morgan fingerprint density at radius 1 is 0.929 bits per heavy atom. The van der Waals surface area contributed by atoms with E-state index in [2.05, 4.69) is 0 Å². The quantitative estimate of drug-likeness (QED) is 0.641. The van der Waals surface area contributed by atoms with Crippen LogP contribution in [-0.4, -0.2) is 27.3 Å². The minimum absolute atomic E-state index is 0.684. The Bertz CT molecular complexity index is 140. The van der Waals surface area contributed by atoms with Gasteiger partial charge in [0.1, 0.15) is 0 Å². The maximum atomic E-state index is 5.29. The predicted octanol–water partition coefficient (Wildman–Crippen LogP) is 2.55. The molecule has 0 unspecified atom stereocenters. The fourth-order valence-corrected chi connectivity index (χ4v) is 2.24. The molecule has 0 radical (unpaired) electrons. The molecule has 84 valence electrons. The highest BCUT2D eigenvalue weighted by Gasteiger charge is 2.33. The van der Waals surface area contributed by atoms with E-state index in [1.165, 1.54) is 32.1 Å². The van der Waals surface area contributed by atoms with Crippen molar-refractivity contribution >= 4 is 0 Å². The molecule has 3 heteroatoms. The summed E-state index contributed by atoms with van der Waals surface area (Å²) < 4.78 is 15.9. The van der Waals surface area contributed by atoms with Gasteiger partial charge >= 0.3 is 0 Å². The zero-order chi connectivity index (χ0) is 10.4. The normalized spacial score (nSPS) is 19.9. The number of methoxy groups -OCH3 is 3. The molecule has 0 bridgehead atoms. The van der Waals surface area contributed by atoms with Gasteiger partial charge in [-0.2, -0.15) is 0 Å². The van der Waals surface area contributed by atoms with Crippen LogP contribution >= 0.6 is 0 Å². The predicted molar refractivity (Wildman–Crippen MR) is 55.0 cm³/mol. The van der Waals surface area contributed by atoms with Crippen LogP contribution in [0.25, 0.3) is 0 Å². The molecule has 0 aliphatic heterocycles. The molecule has 1 aliphatic carbocycles. The third kappa shape index (κ3) is 2.94. The Balaban J connectivity index is 2.44. The maximum absolute atomic E-state index is 5.29. The fourth-order valence-electron chi connectivity index (χ4n) is 2.24. The lowest BCUT2D eigenvalue weighted by Gasteiger charge is -2.33. The molecular formula is C11H22O3. The van der Waals surface area contributed by atoms with Crippen LogP contribution in [0.5, 0.6) is 0 Å². The highest BCUT2D eigenvalue weighted by atomic mass is 16.9. The largest absolute Gasteiger partial charge is 0.331 e. The second-order valence-corrected chi connectivity index (χ2v) is 4.00. The van der Waals surface area contributed by atoms with E-state index in [0.717, 1.165) is 6.42 Å². The van der Waals surface area contributed by atoms with Gasteiger partial charge in [-0.1, -0.05) is 32.1 Å². The number of rotatable bonds is 5. The second-order valence-electron chi connectivity index (χ2n) is 4.00. The van der Waals surface area contributed by atoms with Crippen LogP contribution in [0, 0.1) is 5.92 Å². The van der Waals surface area contributed by atoms with Crippen LogP contribution in [0.4, 0.5) is 0 Å². The van der Waals surface area contributed by atoms with Crippen LogP contribution in [0.2, 0.25) is 0 Å².